The van der Waals surface area contributed by atoms with Gasteiger partial charge in [-0.1, -0.05) is 46.0 Å². The van der Waals surface area contributed by atoms with E-state index in [1.54, 1.807) is 0 Å². The average molecular weight is 256 g/mol. The van der Waals surface area contributed by atoms with Crippen LogP contribution >= 0.6 is 0 Å². The number of hydrogen-bond donors (Lipinski definition) is 0. The van der Waals surface area contributed by atoms with Crippen LogP contribution in [-0.2, 0) is 14.3 Å². The smallest absolute Gasteiger partial charge is 0.189 e. The van der Waals surface area contributed by atoms with Gasteiger partial charge >= 0.3 is 0 Å². The Kier molecular flexibility index (Phi) is 13.6. The molecule has 0 saturated heterocycles. The Hall–Kier alpha value is -0.830. The highest BCUT2D eigenvalue weighted by molar-refractivity contribution is 5.69. The van der Waals surface area contributed by atoms with Crippen molar-refractivity contribution >= 4 is 6.29 Å². The molecule has 0 aromatic heterocycles. The molecular weight excluding hydrogens is 228 g/mol. The number of ether oxygens (including phenoxy) is 2. The number of carbonyl (C=O) groups excluding carboxylic acids is 1. The molecule has 0 aromatic carbocycles. The molecule has 0 radical (unpaired) electrons. The van der Waals surface area contributed by atoms with E-state index in [0.29, 0.717) is 12.4 Å². The molecule has 0 aliphatic rings. The summed E-state index contributed by atoms with van der Waals surface area (Å²) in [6, 6.07) is 0. The Morgan fingerprint density at radius 3 is 2.39 bits per heavy atom. The minimum Gasteiger partial charge on any atom is -0.464 e. The largest absolute Gasteiger partial charge is 0.464 e. The Morgan fingerprint density at radius 1 is 1.00 bits per heavy atom. The summed E-state index contributed by atoms with van der Waals surface area (Å²) >= 11 is 0. The van der Waals surface area contributed by atoms with Crippen LogP contribution in [0.4, 0.5) is 0 Å². The maximum absolute atomic E-state index is 10.7. The Balaban J connectivity index is 3.39. The second kappa shape index (κ2) is 14.2. The lowest BCUT2D eigenvalue weighted by molar-refractivity contribution is -0.111. The first-order chi connectivity index (χ1) is 8.85. The van der Waals surface area contributed by atoms with Crippen molar-refractivity contribution in [1.82, 2.24) is 0 Å². The average Bonchev–Trinajstić information content (AvgIpc) is 2.40. The predicted octanol–water partition coefficient (Wildman–Crippen LogP) is 4.22. The fourth-order valence-corrected chi connectivity index (χ4v) is 1.57. The fourth-order valence-electron chi connectivity index (χ4n) is 1.57. The van der Waals surface area contributed by atoms with Crippen molar-refractivity contribution in [2.75, 3.05) is 13.4 Å². The van der Waals surface area contributed by atoms with Gasteiger partial charge in [-0.15, -0.1) is 0 Å². The van der Waals surface area contributed by atoms with E-state index < -0.39 is 0 Å². The van der Waals surface area contributed by atoms with E-state index in [4.69, 9.17) is 9.47 Å². The molecule has 3 nitrogen and oxygen atoms in total. The van der Waals surface area contributed by atoms with Gasteiger partial charge < -0.3 is 9.47 Å². The molecule has 0 fully saturated rings. The van der Waals surface area contributed by atoms with Crippen molar-refractivity contribution in [3.63, 3.8) is 0 Å². The van der Waals surface area contributed by atoms with Crippen LogP contribution in [0.25, 0.3) is 0 Å². The van der Waals surface area contributed by atoms with E-state index in [0.717, 1.165) is 32.0 Å². The summed E-state index contributed by atoms with van der Waals surface area (Å²) in [6.45, 7) is 5.22. The molecule has 0 rings (SSSR count). The van der Waals surface area contributed by atoms with Gasteiger partial charge in [-0.2, -0.15) is 0 Å². The Labute approximate surface area is 112 Å². The molecule has 0 atom stereocenters. The number of aldehydes is 1. The van der Waals surface area contributed by atoms with Gasteiger partial charge in [0.25, 0.3) is 0 Å². The minimum absolute atomic E-state index is 0.185. The fraction of sp³-hybridized carbons (Fsp3) is 0.800. The summed E-state index contributed by atoms with van der Waals surface area (Å²) in [7, 11) is 0. The van der Waals surface area contributed by atoms with Gasteiger partial charge in [0, 0.05) is 0 Å². The van der Waals surface area contributed by atoms with Crippen molar-refractivity contribution in [3.05, 3.63) is 11.8 Å². The predicted molar refractivity (Wildman–Crippen MR) is 74.3 cm³/mol. The molecule has 0 unspecified atom stereocenters. The van der Waals surface area contributed by atoms with Crippen molar-refractivity contribution in [2.24, 2.45) is 0 Å². The second-order valence-corrected chi connectivity index (χ2v) is 4.45. The molecule has 18 heavy (non-hydrogen) atoms. The summed E-state index contributed by atoms with van der Waals surface area (Å²) in [6.07, 6.45) is 11.8. The van der Waals surface area contributed by atoms with E-state index in [1.165, 1.54) is 25.7 Å². The highest BCUT2D eigenvalue weighted by Crippen LogP contribution is 2.04. The highest BCUT2D eigenvalue weighted by atomic mass is 16.7. The minimum atomic E-state index is 0.185. The van der Waals surface area contributed by atoms with Crippen LogP contribution in [0.15, 0.2) is 11.8 Å². The van der Waals surface area contributed by atoms with E-state index in [9.17, 15) is 4.79 Å². The summed E-state index contributed by atoms with van der Waals surface area (Å²) in [5, 5.41) is 0. The molecule has 0 bridgehead atoms. The molecule has 106 valence electrons. The molecular formula is C15H28O3. The second-order valence-electron chi connectivity index (χ2n) is 4.45. The number of carbonyl (C=O) groups is 1. The standard InChI is InChI=1S/C15H28O3/c1-3-5-7-8-10-12-17-14-18-15(13-16)11-9-6-4-2/h11,13H,3-10,12,14H2,1-2H3. The summed E-state index contributed by atoms with van der Waals surface area (Å²) in [4.78, 5) is 10.7. The van der Waals surface area contributed by atoms with Crippen molar-refractivity contribution in [3.8, 4) is 0 Å². The molecule has 0 N–H and O–H groups in total. The number of unbranched alkanes of at least 4 members (excludes halogenated alkanes) is 6. The van der Waals surface area contributed by atoms with Crippen molar-refractivity contribution in [2.45, 2.75) is 65.2 Å². The SMILES string of the molecule is CCCCC=C(C=O)OCOCCCCCCC. The first-order valence-corrected chi connectivity index (χ1v) is 7.21. The number of allylic oxidation sites excluding steroid dienone is 2. The number of rotatable bonds is 13. The van der Waals surface area contributed by atoms with Crippen LogP contribution in [-0.4, -0.2) is 19.7 Å². The third-order valence-electron chi connectivity index (χ3n) is 2.72. The van der Waals surface area contributed by atoms with Crippen LogP contribution in [0.5, 0.6) is 0 Å². The zero-order valence-electron chi connectivity index (χ0n) is 12.0. The zero-order valence-corrected chi connectivity index (χ0v) is 12.0. The van der Waals surface area contributed by atoms with E-state index in [-0.39, 0.29) is 6.79 Å². The lowest BCUT2D eigenvalue weighted by atomic mass is 10.2. The Bertz CT molecular complexity index is 212. The van der Waals surface area contributed by atoms with Crippen LogP contribution in [0.2, 0.25) is 0 Å². The van der Waals surface area contributed by atoms with Crippen molar-refractivity contribution < 1.29 is 14.3 Å². The van der Waals surface area contributed by atoms with Crippen LogP contribution < -0.4 is 0 Å². The maximum atomic E-state index is 10.7. The lowest BCUT2D eigenvalue weighted by Gasteiger charge is -2.06. The van der Waals surface area contributed by atoms with E-state index >= 15 is 0 Å². The van der Waals surface area contributed by atoms with Gasteiger partial charge in [-0.05, 0) is 25.3 Å². The van der Waals surface area contributed by atoms with Gasteiger partial charge in [0.2, 0.25) is 0 Å². The topological polar surface area (TPSA) is 35.5 Å². The molecule has 0 aliphatic heterocycles. The normalized spacial score (nSPS) is 11.6. The molecule has 0 heterocycles. The highest BCUT2D eigenvalue weighted by Gasteiger charge is 1.96. The molecule has 0 saturated carbocycles. The molecule has 0 amide bonds. The van der Waals surface area contributed by atoms with E-state index in [1.807, 2.05) is 6.08 Å². The molecule has 0 aromatic rings. The quantitative estimate of drug-likeness (QED) is 0.163. The third kappa shape index (κ3) is 11.6. The van der Waals surface area contributed by atoms with E-state index in [2.05, 4.69) is 13.8 Å². The van der Waals surface area contributed by atoms with Gasteiger partial charge in [0.05, 0.1) is 6.61 Å². The maximum Gasteiger partial charge on any atom is 0.189 e. The Morgan fingerprint density at radius 2 is 1.72 bits per heavy atom. The van der Waals surface area contributed by atoms with Crippen LogP contribution in [0.1, 0.15) is 65.2 Å². The van der Waals surface area contributed by atoms with Crippen molar-refractivity contribution in [1.29, 1.82) is 0 Å². The van der Waals surface area contributed by atoms with Crippen LogP contribution in [0, 0.1) is 0 Å². The van der Waals surface area contributed by atoms with Gasteiger partial charge in [-0.3, -0.25) is 4.79 Å². The van der Waals surface area contributed by atoms with Gasteiger partial charge in [0.15, 0.2) is 18.8 Å². The van der Waals surface area contributed by atoms with Gasteiger partial charge in [0.1, 0.15) is 0 Å². The van der Waals surface area contributed by atoms with Gasteiger partial charge in [-0.25, -0.2) is 0 Å². The lowest BCUT2D eigenvalue weighted by Crippen LogP contribution is -2.02. The first-order valence-electron chi connectivity index (χ1n) is 7.21. The molecule has 0 spiro atoms. The monoisotopic (exact) mass is 256 g/mol. The molecule has 3 heteroatoms. The summed E-state index contributed by atoms with van der Waals surface area (Å²) in [5.41, 5.74) is 0. The van der Waals surface area contributed by atoms with Crippen LogP contribution in [0.3, 0.4) is 0 Å². The third-order valence-corrected chi connectivity index (χ3v) is 2.72. The first kappa shape index (κ1) is 17.2. The summed E-state index contributed by atoms with van der Waals surface area (Å²) < 4.78 is 10.6. The summed E-state index contributed by atoms with van der Waals surface area (Å²) in [5.74, 6) is 0.398. The number of hydrogen-bond acceptors (Lipinski definition) is 3. The zero-order chi connectivity index (χ0) is 13.5. The molecule has 0 aliphatic carbocycles.